The van der Waals surface area contributed by atoms with E-state index in [0.29, 0.717) is 17.7 Å². The van der Waals surface area contributed by atoms with Crippen LogP contribution in [0.2, 0.25) is 0 Å². The number of hydrogen-bond acceptors (Lipinski definition) is 3. The highest BCUT2D eigenvalue weighted by atomic mass is 16.5. The second-order valence-electron chi connectivity index (χ2n) is 6.70. The van der Waals surface area contributed by atoms with Crippen LogP contribution in [0.5, 0.6) is 5.75 Å². The SMILES string of the molecule is COc1ccc2c(c1)C(CCCN1C(=O)c3ccccc3C1=O)=CCC2. The molecule has 0 saturated heterocycles. The van der Waals surface area contributed by atoms with Crippen LogP contribution in [0.4, 0.5) is 0 Å². The number of aryl methyl sites for hydroxylation is 1. The van der Waals surface area contributed by atoms with Crippen molar-refractivity contribution in [3.05, 3.63) is 70.8 Å². The molecule has 4 heteroatoms. The fourth-order valence-corrected chi connectivity index (χ4v) is 3.82. The van der Waals surface area contributed by atoms with Crippen molar-refractivity contribution in [3.8, 4) is 5.75 Å². The maximum absolute atomic E-state index is 12.4. The third-order valence-corrected chi connectivity index (χ3v) is 5.17. The summed E-state index contributed by atoms with van der Waals surface area (Å²) in [6.07, 6.45) is 5.94. The van der Waals surface area contributed by atoms with Gasteiger partial charge in [0.25, 0.3) is 11.8 Å². The smallest absolute Gasteiger partial charge is 0.261 e. The predicted molar refractivity (Wildman–Crippen MR) is 100 cm³/mol. The van der Waals surface area contributed by atoms with E-state index < -0.39 is 0 Å². The maximum Gasteiger partial charge on any atom is 0.261 e. The molecule has 4 rings (SSSR count). The summed E-state index contributed by atoms with van der Waals surface area (Å²) in [4.78, 5) is 26.3. The quantitative estimate of drug-likeness (QED) is 0.765. The van der Waals surface area contributed by atoms with Crippen LogP contribution < -0.4 is 4.74 Å². The zero-order chi connectivity index (χ0) is 18.1. The van der Waals surface area contributed by atoms with Gasteiger partial charge in [-0.3, -0.25) is 14.5 Å². The number of benzene rings is 2. The normalized spacial score (nSPS) is 15.6. The summed E-state index contributed by atoms with van der Waals surface area (Å²) in [6, 6.07) is 13.3. The molecular weight excluding hydrogens is 326 g/mol. The molecule has 0 saturated carbocycles. The molecule has 2 aromatic carbocycles. The van der Waals surface area contributed by atoms with Crippen molar-refractivity contribution in [2.75, 3.05) is 13.7 Å². The Hall–Kier alpha value is -2.88. The first kappa shape index (κ1) is 16.6. The van der Waals surface area contributed by atoms with E-state index in [1.165, 1.54) is 21.6 Å². The lowest BCUT2D eigenvalue weighted by molar-refractivity contribution is 0.0653. The summed E-state index contributed by atoms with van der Waals surface area (Å²) >= 11 is 0. The molecule has 132 valence electrons. The fourth-order valence-electron chi connectivity index (χ4n) is 3.82. The lowest BCUT2D eigenvalue weighted by Gasteiger charge is -2.20. The van der Waals surface area contributed by atoms with Gasteiger partial charge in [0.05, 0.1) is 18.2 Å². The molecule has 0 fully saturated rings. The Morgan fingerprint density at radius 1 is 1.00 bits per heavy atom. The minimum Gasteiger partial charge on any atom is -0.497 e. The third kappa shape index (κ3) is 2.81. The molecule has 0 unspecified atom stereocenters. The van der Waals surface area contributed by atoms with E-state index in [0.717, 1.165) is 31.4 Å². The predicted octanol–water partition coefficient (Wildman–Crippen LogP) is 4.10. The van der Waals surface area contributed by atoms with E-state index >= 15 is 0 Å². The largest absolute Gasteiger partial charge is 0.497 e. The van der Waals surface area contributed by atoms with E-state index in [-0.39, 0.29) is 11.8 Å². The number of allylic oxidation sites excluding steroid dienone is 2. The number of carbonyl (C=O) groups excluding carboxylic acids is 2. The van der Waals surface area contributed by atoms with Crippen molar-refractivity contribution >= 4 is 17.4 Å². The summed E-state index contributed by atoms with van der Waals surface area (Å²) in [5.41, 5.74) is 4.89. The molecule has 2 aliphatic rings. The highest BCUT2D eigenvalue weighted by Crippen LogP contribution is 2.33. The number of amides is 2. The minimum absolute atomic E-state index is 0.176. The molecule has 2 amide bonds. The number of ether oxygens (including phenoxy) is 1. The van der Waals surface area contributed by atoms with E-state index in [1.807, 2.05) is 6.07 Å². The number of fused-ring (bicyclic) bond motifs is 2. The number of methoxy groups -OCH3 is 1. The maximum atomic E-state index is 12.4. The zero-order valence-corrected chi connectivity index (χ0v) is 14.8. The first-order valence-corrected chi connectivity index (χ1v) is 9.00. The van der Waals surface area contributed by atoms with Gasteiger partial charge in [0.2, 0.25) is 0 Å². The summed E-state index contributed by atoms with van der Waals surface area (Å²) in [7, 11) is 1.68. The monoisotopic (exact) mass is 347 g/mol. The minimum atomic E-state index is -0.176. The van der Waals surface area contributed by atoms with Crippen LogP contribution in [0.15, 0.2) is 48.5 Å². The van der Waals surface area contributed by atoms with Gasteiger partial charge in [0.1, 0.15) is 5.75 Å². The Balaban J connectivity index is 1.44. The van der Waals surface area contributed by atoms with Gasteiger partial charge in [0.15, 0.2) is 0 Å². The molecule has 0 atom stereocenters. The van der Waals surface area contributed by atoms with Gasteiger partial charge in [-0.05, 0) is 66.6 Å². The fraction of sp³-hybridized carbons (Fsp3) is 0.273. The summed E-state index contributed by atoms with van der Waals surface area (Å²) in [5.74, 6) is 0.507. The Labute approximate surface area is 153 Å². The second-order valence-corrected chi connectivity index (χ2v) is 6.70. The first-order chi connectivity index (χ1) is 12.7. The molecule has 0 radical (unpaired) electrons. The Morgan fingerprint density at radius 3 is 2.42 bits per heavy atom. The van der Waals surface area contributed by atoms with Gasteiger partial charge in [-0.1, -0.05) is 24.3 Å². The zero-order valence-electron chi connectivity index (χ0n) is 14.8. The lowest BCUT2D eigenvalue weighted by atomic mass is 9.88. The van der Waals surface area contributed by atoms with Crippen LogP contribution in [0.1, 0.15) is 51.1 Å². The van der Waals surface area contributed by atoms with Crippen LogP contribution in [0.3, 0.4) is 0 Å². The molecule has 0 bridgehead atoms. The van der Waals surface area contributed by atoms with Crippen LogP contribution in [-0.2, 0) is 6.42 Å². The molecule has 1 aliphatic carbocycles. The van der Waals surface area contributed by atoms with Gasteiger partial charge < -0.3 is 4.74 Å². The van der Waals surface area contributed by atoms with Gasteiger partial charge in [-0.2, -0.15) is 0 Å². The molecular formula is C22H21NO3. The van der Waals surface area contributed by atoms with Crippen LogP contribution in [-0.4, -0.2) is 30.4 Å². The number of nitrogens with zero attached hydrogens (tertiary/aromatic N) is 1. The molecule has 1 aliphatic heterocycles. The Bertz CT molecular complexity index is 878. The number of rotatable bonds is 5. The number of hydrogen-bond donors (Lipinski definition) is 0. The van der Waals surface area contributed by atoms with E-state index in [9.17, 15) is 9.59 Å². The summed E-state index contributed by atoms with van der Waals surface area (Å²) in [5, 5.41) is 0. The van der Waals surface area contributed by atoms with Crippen molar-refractivity contribution in [2.45, 2.75) is 25.7 Å². The standard InChI is InChI=1S/C22H21NO3/c1-26-17-12-11-16-7-4-6-15(20(16)14-17)8-5-13-23-21(24)18-9-2-3-10-19(18)22(23)25/h2-3,6,9-12,14H,4-5,7-8,13H2,1H3. The van der Waals surface area contributed by atoms with Gasteiger partial charge in [0, 0.05) is 6.54 Å². The Kier molecular flexibility index (Phi) is 4.33. The van der Waals surface area contributed by atoms with E-state index in [1.54, 1.807) is 31.4 Å². The van der Waals surface area contributed by atoms with Crippen LogP contribution in [0.25, 0.3) is 5.57 Å². The summed E-state index contributed by atoms with van der Waals surface area (Å²) in [6.45, 7) is 0.447. The number of imide groups is 1. The van der Waals surface area contributed by atoms with Gasteiger partial charge >= 0.3 is 0 Å². The first-order valence-electron chi connectivity index (χ1n) is 9.00. The second kappa shape index (κ2) is 6.79. The molecule has 2 aromatic rings. The molecule has 0 N–H and O–H groups in total. The van der Waals surface area contributed by atoms with Crippen LogP contribution in [0, 0.1) is 0 Å². The summed E-state index contributed by atoms with van der Waals surface area (Å²) < 4.78 is 5.35. The van der Waals surface area contributed by atoms with Gasteiger partial charge in [-0.25, -0.2) is 0 Å². The molecule has 0 aromatic heterocycles. The lowest BCUT2D eigenvalue weighted by Crippen LogP contribution is -2.30. The van der Waals surface area contributed by atoms with E-state index in [4.69, 9.17) is 4.74 Å². The van der Waals surface area contributed by atoms with Crippen molar-refractivity contribution < 1.29 is 14.3 Å². The molecule has 0 spiro atoms. The van der Waals surface area contributed by atoms with E-state index in [2.05, 4.69) is 18.2 Å². The number of carbonyl (C=O) groups is 2. The third-order valence-electron chi connectivity index (χ3n) is 5.17. The van der Waals surface area contributed by atoms with Crippen molar-refractivity contribution in [1.29, 1.82) is 0 Å². The average Bonchev–Trinajstić information content (AvgIpc) is 2.93. The average molecular weight is 347 g/mol. The molecule has 26 heavy (non-hydrogen) atoms. The van der Waals surface area contributed by atoms with Crippen molar-refractivity contribution in [1.82, 2.24) is 4.90 Å². The van der Waals surface area contributed by atoms with Crippen molar-refractivity contribution in [2.24, 2.45) is 0 Å². The highest BCUT2D eigenvalue weighted by Gasteiger charge is 2.34. The van der Waals surface area contributed by atoms with Gasteiger partial charge in [-0.15, -0.1) is 0 Å². The van der Waals surface area contributed by atoms with Crippen LogP contribution >= 0.6 is 0 Å². The molecule has 1 heterocycles. The topological polar surface area (TPSA) is 46.6 Å². The highest BCUT2D eigenvalue weighted by molar-refractivity contribution is 6.21. The Morgan fingerprint density at radius 2 is 1.73 bits per heavy atom. The van der Waals surface area contributed by atoms with Crippen molar-refractivity contribution in [3.63, 3.8) is 0 Å². The molecule has 4 nitrogen and oxygen atoms in total.